The molecule has 0 N–H and O–H groups in total. The number of hydrogen-bond acceptors (Lipinski definition) is 2. The standard InChI is InChI=1S/C17H13F2NS/c1-11(13-7-6-12(18)10-15(13)19)21-17-8-9-20-16-5-3-2-4-14(16)17/h2-11H,1H3. The molecule has 0 radical (unpaired) electrons. The van der Waals surface area contributed by atoms with Crippen LogP contribution in [0.15, 0.2) is 59.6 Å². The van der Waals surface area contributed by atoms with Crippen molar-refractivity contribution in [3.63, 3.8) is 0 Å². The molecule has 1 aromatic heterocycles. The summed E-state index contributed by atoms with van der Waals surface area (Å²) in [5.41, 5.74) is 1.41. The summed E-state index contributed by atoms with van der Waals surface area (Å²) >= 11 is 1.54. The highest BCUT2D eigenvalue weighted by molar-refractivity contribution is 7.99. The molecule has 1 unspecified atom stereocenters. The molecule has 3 rings (SSSR count). The van der Waals surface area contributed by atoms with Gasteiger partial charge in [0.25, 0.3) is 0 Å². The molecular weight excluding hydrogens is 288 g/mol. The van der Waals surface area contributed by atoms with Crippen LogP contribution in [0, 0.1) is 11.6 Å². The SMILES string of the molecule is CC(Sc1ccnc2ccccc12)c1ccc(F)cc1F. The summed E-state index contributed by atoms with van der Waals surface area (Å²) in [5.74, 6) is -1.06. The number of thioether (sulfide) groups is 1. The Morgan fingerprint density at radius 1 is 1.05 bits per heavy atom. The van der Waals surface area contributed by atoms with Crippen LogP contribution in [0.3, 0.4) is 0 Å². The third kappa shape index (κ3) is 2.90. The van der Waals surface area contributed by atoms with Crippen LogP contribution in [0.25, 0.3) is 10.9 Å². The van der Waals surface area contributed by atoms with E-state index in [4.69, 9.17) is 0 Å². The van der Waals surface area contributed by atoms with Gasteiger partial charge < -0.3 is 0 Å². The minimum absolute atomic E-state index is 0.114. The van der Waals surface area contributed by atoms with Crippen molar-refractivity contribution in [3.05, 3.63) is 71.9 Å². The number of hydrogen-bond donors (Lipinski definition) is 0. The third-order valence-electron chi connectivity index (χ3n) is 3.31. The Hall–Kier alpha value is -1.94. The van der Waals surface area contributed by atoms with E-state index in [0.717, 1.165) is 21.9 Å². The van der Waals surface area contributed by atoms with Gasteiger partial charge in [-0.1, -0.05) is 24.3 Å². The summed E-state index contributed by atoms with van der Waals surface area (Å²) in [4.78, 5) is 5.35. The smallest absolute Gasteiger partial charge is 0.130 e. The van der Waals surface area contributed by atoms with Gasteiger partial charge in [-0.05, 0) is 25.1 Å². The lowest BCUT2D eigenvalue weighted by Crippen LogP contribution is -1.95. The summed E-state index contributed by atoms with van der Waals surface area (Å²) in [6.45, 7) is 1.91. The highest BCUT2D eigenvalue weighted by Gasteiger charge is 2.14. The fourth-order valence-electron chi connectivity index (χ4n) is 2.26. The Balaban J connectivity index is 1.94. The lowest BCUT2D eigenvalue weighted by molar-refractivity contribution is 0.573. The number of rotatable bonds is 3. The number of benzene rings is 2. The molecule has 0 saturated heterocycles. The van der Waals surface area contributed by atoms with Crippen LogP contribution in [0.2, 0.25) is 0 Å². The minimum Gasteiger partial charge on any atom is -0.256 e. The van der Waals surface area contributed by atoms with E-state index in [9.17, 15) is 8.78 Å². The molecule has 0 aliphatic heterocycles. The van der Waals surface area contributed by atoms with E-state index in [1.54, 1.807) is 18.0 Å². The van der Waals surface area contributed by atoms with Crippen LogP contribution in [0.5, 0.6) is 0 Å². The zero-order valence-electron chi connectivity index (χ0n) is 11.4. The van der Waals surface area contributed by atoms with E-state index in [1.807, 2.05) is 37.3 Å². The summed E-state index contributed by atoms with van der Waals surface area (Å²) in [5, 5.41) is 0.927. The molecule has 0 aliphatic rings. The number of pyridine rings is 1. The number of fused-ring (bicyclic) bond motifs is 1. The first-order chi connectivity index (χ1) is 10.1. The molecule has 0 saturated carbocycles. The van der Waals surface area contributed by atoms with E-state index in [2.05, 4.69) is 4.98 Å². The first-order valence-electron chi connectivity index (χ1n) is 6.60. The van der Waals surface area contributed by atoms with Crippen LogP contribution in [0.1, 0.15) is 17.7 Å². The second-order valence-electron chi connectivity index (χ2n) is 4.75. The second kappa shape index (κ2) is 5.82. The van der Waals surface area contributed by atoms with Crippen molar-refractivity contribution in [1.82, 2.24) is 4.98 Å². The van der Waals surface area contributed by atoms with Gasteiger partial charge in [-0.3, -0.25) is 4.98 Å². The van der Waals surface area contributed by atoms with Crippen molar-refractivity contribution in [2.24, 2.45) is 0 Å². The van der Waals surface area contributed by atoms with Gasteiger partial charge in [-0.25, -0.2) is 8.78 Å². The van der Waals surface area contributed by atoms with Gasteiger partial charge in [0.2, 0.25) is 0 Å². The van der Waals surface area contributed by atoms with Gasteiger partial charge >= 0.3 is 0 Å². The van der Waals surface area contributed by atoms with Gasteiger partial charge in [0.15, 0.2) is 0 Å². The summed E-state index contributed by atoms with van der Waals surface area (Å²) in [7, 11) is 0. The fourth-order valence-corrected chi connectivity index (χ4v) is 3.40. The molecule has 0 spiro atoms. The van der Waals surface area contributed by atoms with E-state index >= 15 is 0 Å². The maximum atomic E-state index is 13.9. The molecule has 1 heterocycles. The zero-order chi connectivity index (χ0) is 14.8. The Kier molecular flexibility index (Phi) is 3.88. The van der Waals surface area contributed by atoms with Gasteiger partial charge in [-0.15, -0.1) is 11.8 Å². The van der Waals surface area contributed by atoms with Crippen molar-refractivity contribution in [2.75, 3.05) is 0 Å². The fraction of sp³-hybridized carbons (Fsp3) is 0.118. The average Bonchev–Trinajstić information content (AvgIpc) is 2.47. The molecule has 1 nitrogen and oxygen atoms in total. The first kappa shape index (κ1) is 14.0. The van der Waals surface area contributed by atoms with Crippen molar-refractivity contribution >= 4 is 22.7 Å². The molecule has 2 aromatic carbocycles. The molecule has 0 aliphatic carbocycles. The first-order valence-corrected chi connectivity index (χ1v) is 7.48. The Labute approximate surface area is 126 Å². The van der Waals surface area contributed by atoms with Crippen LogP contribution in [0.4, 0.5) is 8.78 Å². The quantitative estimate of drug-likeness (QED) is 0.603. The molecule has 1 atom stereocenters. The van der Waals surface area contributed by atoms with Gasteiger partial charge in [0, 0.05) is 33.4 Å². The number of nitrogens with zero attached hydrogens (tertiary/aromatic N) is 1. The number of halogens is 2. The second-order valence-corrected chi connectivity index (χ2v) is 6.13. The Bertz CT molecular complexity index is 783. The monoisotopic (exact) mass is 301 g/mol. The third-order valence-corrected chi connectivity index (χ3v) is 4.53. The van der Waals surface area contributed by atoms with Crippen LogP contribution < -0.4 is 0 Å². The maximum Gasteiger partial charge on any atom is 0.130 e. The number of para-hydroxylation sites is 1. The van der Waals surface area contributed by atoms with Crippen molar-refractivity contribution < 1.29 is 8.78 Å². The highest BCUT2D eigenvalue weighted by Crippen LogP contribution is 2.38. The lowest BCUT2D eigenvalue weighted by atomic mass is 10.1. The Morgan fingerprint density at radius 3 is 2.67 bits per heavy atom. The molecule has 0 bridgehead atoms. The summed E-state index contributed by atoms with van der Waals surface area (Å²) in [6, 6.07) is 13.5. The van der Waals surface area contributed by atoms with E-state index < -0.39 is 11.6 Å². The van der Waals surface area contributed by atoms with E-state index in [0.29, 0.717) is 5.56 Å². The molecule has 4 heteroatoms. The van der Waals surface area contributed by atoms with Gasteiger partial charge in [-0.2, -0.15) is 0 Å². The van der Waals surface area contributed by atoms with Crippen LogP contribution in [-0.4, -0.2) is 4.98 Å². The summed E-state index contributed by atoms with van der Waals surface area (Å²) < 4.78 is 26.8. The highest BCUT2D eigenvalue weighted by atomic mass is 32.2. The largest absolute Gasteiger partial charge is 0.256 e. The van der Waals surface area contributed by atoms with E-state index in [-0.39, 0.29) is 5.25 Å². The van der Waals surface area contributed by atoms with Crippen molar-refractivity contribution in [3.8, 4) is 0 Å². The minimum atomic E-state index is -0.553. The van der Waals surface area contributed by atoms with Crippen molar-refractivity contribution in [2.45, 2.75) is 17.1 Å². The van der Waals surface area contributed by atoms with Crippen LogP contribution >= 0.6 is 11.8 Å². The van der Waals surface area contributed by atoms with Gasteiger partial charge in [0.05, 0.1) is 5.52 Å². The molecular formula is C17H13F2NS. The Morgan fingerprint density at radius 2 is 1.86 bits per heavy atom. The topological polar surface area (TPSA) is 12.9 Å². The van der Waals surface area contributed by atoms with E-state index in [1.165, 1.54) is 12.1 Å². The maximum absolute atomic E-state index is 13.9. The lowest BCUT2D eigenvalue weighted by Gasteiger charge is -2.14. The van der Waals surface area contributed by atoms with Crippen LogP contribution in [-0.2, 0) is 0 Å². The summed E-state index contributed by atoms with van der Waals surface area (Å²) in [6.07, 6.45) is 1.75. The molecule has 0 amide bonds. The number of aromatic nitrogens is 1. The van der Waals surface area contributed by atoms with Crippen molar-refractivity contribution in [1.29, 1.82) is 0 Å². The molecule has 3 aromatic rings. The normalized spacial score (nSPS) is 12.5. The molecule has 0 fully saturated rings. The molecule has 106 valence electrons. The predicted molar refractivity (Wildman–Crippen MR) is 82.4 cm³/mol. The predicted octanol–water partition coefficient (Wildman–Crippen LogP) is 5.37. The average molecular weight is 301 g/mol. The zero-order valence-corrected chi connectivity index (χ0v) is 12.2. The molecule has 21 heavy (non-hydrogen) atoms. The van der Waals surface area contributed by atoms with Gasteiger partial charge in [0.1, 0.15) is 11.6 Å².